The molecular formula is C13H22O. The third kappa shape index (κ3) is 2.97. The molecule has 1 aliphatic carbocycles. The first-order chi connectivity index (χ1) is 6.65. The number of hydrogen-bond donors (Lipinski definition) is 0. The van der Waals surface area contributed by atoms with E-state index in [4.69, 9.17) is 0 Å². The molecule has 1 rings (SSSR count). The van der Waals surface area contributed by atoms with Gasteiger partial charge in [-0.1, -0.05) is 32.4 Å². The van der Waals surface area contributed by atoms with Crippen LogP contribution in [0, 0.1) is 17.8 Å². The van der Waals surface area contributed by atoms with Gasteiger partial charge in [0, 0.05) is 6.42 Å². The maximum atomic E-state index is 10.3. The van der Waals surface area contributed by atoms with E-state index in [0.29, 0.717) is 6.42 Å². The molecule has 0 fully saturated rings. The molecule has 0 bridgehead atoms. The van der Waals surface area contributed by atoms with Crippen LogP contribution in [-0.4, -0.2) is 6.29 Å². The molecule has 0 aromatic heterocycles. The van der Waals surface area contributed by atoms with Gasteiger partial charge in [-0.2, -0.15) is 0 Å². The van der Waals surface area contributed by atoms with Crippen LogP contribution in [-0.2, 0) is 4.79 Å². The minimum absolute atomic E-state index is 0.699. The summed E-state index contributed by atoms with van der Waals surface area (Å²) in [6.07, 6.45) is 7.50. The van der Waals surface area contributed by atoms with Crippen LogP contribution >= 0.6 is 0 Å². The summed E-state index contributed by atoms with van der Waals surface area (Å²) in [7, 11) is 0. The highest BCUT2D eigenvalue weighted by atomic mass is 16.1. The third-order valence-electron chi connectivity index (χ3n) is 3.43. The van der Waals surface area contributed by atoms with E-state index in [2.05, 4.69) is 26.8 Å². The van der Waals surface area contributed by atoms with Gasteiger partial charge in [-0.15, -0.1) is 0 Å². The van der Waals surface area contributed by atoms with Crippen LogP contribution in [0.5, 0.6) is 0 Å². The van der Waals surface area contributed by atoms with Crippen LogP contribution in [0.3, 0.4) is 0 Å². The van der Waals surface area contributed by atoms with Crippen molar-refractivity contribution in [1.82, 2.24) is 0 Å². The Balaban J connectivity index is 2.49. The first-order valence-corrected chi connectivity index (χ1v) is 5.76. The van der Waals surface area contributed by atoms with Crippen molar-refractivity contribution in [3.8, 4) is 0 Å². The van der Waals surface area contributed by atoms with Gasteiger partial charge in [0.25, 0.3) is 0 Å². The second-order valence-corrected chi connectivity index (χ2v) is 4.89. The molecule has 0 heterocycles. The summed E-state index contributed by atoms with van der Waals surface area (Å²) >= 11 is 0. The first-order valence-electron chi connectivity index (χ1n) is 5.76. The van der Waals surface area contributed by atoms with Crippen molar-refractivity contribution in [3.63, 3.8) is 0 Å². The minimum Gasteiger partial charge on any atom is -0.303 e. The second kappa shape index (κ2) is 5.33. The molecule has 1 nitrogen and oxygen atoms in total. The van der Waals surface area contributed by atoms with Crippen LogP contribution in [0.4, 0.5) is 0 Å². The van der Waals surface area contributed by atoms with E-state index in [-0.39, 0.29) is 0 Å². The van der Waals surface area contributed by atoms with Crippen LogP contribution in [0.25, 0.3) is 0 Å². The topological polar surface area (TPSA) is 17.1 Å². The lowest BCUT2D eigenvalue weighted by atomic mass is 9.74. The summed E-state index contributed by atoms with van der Waals surface area (Å²) in [5, 5.41) is 0. The number of hydrogen-bond acceptors (Lipinski definition) is 1. The lowest BCUT2D eigenvalue weighted by molar-refractivity contribution is -0.107. The van der Waals surface area contributed by atoms with Crippen molar-refractivity contribution in [2.24, 2.45) is 17.8 Å². The fraction of sp³-hybridized carbons (Fsp3) is 0.769. The SMILES string of the molecule is CC(C)[C@H]1CC=C(CCC=O)C[C@H]1C. The van der Waals surface area contributed by atoms with Crippen molar-refractivity contribution in [3.05, 3.63) is 11.6 Å². The normalized spacial score (nSPS) is 27.6. The van der Waals surface area contributed by atoms with Crippen molar-refractivity contribution in [2.45, 2.75) is 46.5 Å². The molecule has 1 aliphatic rings. The summed E-state index contributed by atoms with van der Waals surface area (Å²) < 4.78 is 0. The Labute approximate surface area is 87.6 Å². The summed E-state index contributed by atoms with van der Waals surface area (Å²) in [5.41, 5.74) is 1.50. The van der Waals surface area contributed by atoms with Crippen molar-refractivity contribution in [2.75, 3.05) is 0 Å². The van der Waals surface area contributed by atoms with E-state index in [0.717, 1.165) is 30.5 Å². The molecule has 0 N–H and O–H groups in total. The predicted octanol–water partition coefficient (Wildman–Crippen LogP) is 3.59. The molecule has 0 saturated carbocycles. The van der Waals surface area contributed by atoms with E-state index in [9.17, 15) is 4.79 Å². The third-order valence-corrected chi connectivity index (χ3v) is 3.43. The summed E-state index contributed by atoms with van der Waals surface area (Å²) in [5.74, 6) is 2.42. The fourth-order valence-electron chi connectivity index (χ4n) is 2.56. The van der Waals surface area contributed by atoms with Crippen LogP contribution in [0.15, 0.2) is 11.6 Å². The van der Waals surface area contributed by atoms with Gasteiger partial charge in [0.05, 0.1) is 0 Å². The van der Waals surface area contributed by atoms with E-state index in [1.54, 1.807) is 0 Å². The summed E-state index contributed by atoms with van der Waals surface area (Å²) in [6, 6.07) is 0. The Kier molecular flexibility index (Phi) is 4.37. The highest BCUT2D eigenvalue weighted by Crippen LogP contribution is 2.35. The lowest BCUT2D eigenvalue weighted by Gasteiger charge is -2.31. The average molecular weight is 194 g/mol. The predicted molar refractivity (Wildman–Crippen MR) is 60.1 cm³/mol. The lowest BCUT2D eigenvalue weighted by Crippen LogP contribution is -2.21. The van der Waals surface area contributed by atoms with Gasteiger partial charge < -0.3 is 4.79 Å². The van der Waals surface area contributed by atoms with Gasteiger partial charge in [0.2, 0.25) is 0 Å². The second-order valence-electron chi connectivity index (χ2n) is 4.89. The molecule has 2 atom stereocenters. The highest BCUT2D eigenvalue weighted by molar-refractivity contribution is 5.49. The van der Waals surface area contributed by atoms with E-state index < -0.39 is 0 Å². The zero-order valence-corrected chi connectivity index (χ0v) is 9.62. The monoisotopic (exact) mass is 194 g/mol. The summed E-state index contributed by atoms with van der Waals surface area (Å²) in [6.45, 7) is 6.97. The minimum atomic E-state index is 0.699. The van der Waals surface area contributed by atoms with Gasteiger partial charge in [-0.25, -0.2) is 0 Å². The maximum absolute atomic E-state index is 10.3. The number of rotatable bonds is 4. The number of carbonyl (C=O) groups excluding carboxylic acids is 1. The van der Waals surface area contributed by atoms with Gasteiger partial charge >= 0.3 is 0 Å². The number of allylic oxidation sites excluding steroid dienone is 2. The Hall–Kier alpha value is -0.590. The molecule has 0 aliphatic heterocycles. The molecule has 0 amide bonds. The van der Waals surface area contributed by atoms with Gasteiger partial charge in [0.15, 0.2) is 0 Å². The van der Waals surface area contributed by atoms with Crippen molar-refractivity contribution in [1.29, 1.82) is 0 Å². The van der Waals surface area contributed by atoms with Crippen molar-refractivity contribution >= 4 is 6.29 Å². The molecular weight excluding hydrogens is 172 g/mol. The first kappa shape index (κ1) is 11.5. The molecule has 0 saturated heterocycles. The average Bonchev–Trinajstić information content (AvgIpc) is 2.14. The molecule has 0 unspecified atom stereocenters. The molecule has 0 radical (unpaired) electrons. The Bertz CT molecular complexity index is 215. The Morgan fingerprint density at radius 1 is 1.57 bits per heavy atom. The molecule has 1 heteroatoms. The highest BCUT2D eigenvalue weighted by Gasteiger charge is 2.24. The molecule has 14 heavy (non-hydrogen) atoms. The van der Waals surface area contributed by atoms with E-state index >= 15 is 0 Å². The summed E-state index contributed by atoms with van der Waals surface area (Å²) in [4.78, 5) is 10.3. The van der Waals surface area contributed by atoms with Gasteiger partial charge in [-0.3, -0.25) is 0 Å². The van der Waals surface area contributed by atoms with Crippen LogP contribution in [0.1, 0.15) is 46.5 Å². The number of aldehydes is 1. The quantitative estimate of drug-likeness (QED) is 0.493. The van der Waals surface area contributed by atoms with E-state index in [1.807, 2.05) is 0 Å². The Morgan fingerprint density at radius 3 is 2.79 bits per heavy atom. The zero-order valence-electron chi connectivity index (χ0n) is 9.62. The maximum Gasteiger partial charge on any atom is 0.120 e. The molecule has 0 aromatic carbocycles. The fourth-order valence-corrected chi connectivity index (χ4v) is 2.56. The standard InChI is InChI=1S/C13H22O/c1-10(2)13-7-6-12(5-4-8-14)9-11(13)3/h6,8,10-11,13H,4-5,7,9H2,1-3H3/t11-,13-/m1/s1. The van der Waals surface area contributed by atoms with Gasteiger partial charge in [-0.05, 0) is 37.0 Å². The van der Waals surface area contributed by atoms with E-state index in [1.165, 1.54) is 18.4 Å². The van der Waals surface area contributed by atoms with Crippen LogP contribution in [0.2, 0.25) is 0 Å². The van der Waals surface area contributed by atoms with Gasteiger partial charge in [0.1, 0.15) is 6.29 Å². The zero-order chi connectivity index (χ0) is 10.6. The molecule has 80 valence electrons. The molecule has 0 aromatic rings. The number of carbonyl (C=O) groups is 1. The smallest absolute Gasteiger partial charge is 0.120 e. The van der Waals surface area contributed by atoms with Crippen molar-refractivity contribution < 1.29 is 4.79 Å². The van der Waals surface area contributed by atoms with Crippen LogP contribution < -0.4 is 0 Å². The largest absolute Gasteiger partial charge is 0.303 e. The molecule has 0 spiro atoms. The Morgan fingerprint density at radius 2 is 2.29 bits per heavy atom.